The van der Waals surface area contributed by atoms with Gasteiger partial charge >= 0.3 is 6.03 Å². The van der Waals surface area contributed by atoms with Crippen LogP contribution >= 0.6 is 11.8 Å². The first-order valence-electron chi connectivity index (χ1n) is 8.62. The third-order valence-electron chi connectivity index (χ3n) is 4.00. The SMILES string of the molecule is Cc1ccc(C)c(-n2ccnc2SCC(=O)Nc2ccc(NC(N)=O)cc2)c1. The van der Waals surface area contributed by atoms with Crippen LogP contribution in [0.1, 0.15) is 11.1 Å². The highest BCUT2D eigenvalue weighted by molar-refractivity contribution is 7.99. The monoisotopic (exact) mass is 395 g/mol. The van der Waals surface area contributed by atoms with Crippen LogP contribution in [-0.4, -0.2) is 27.2 Å². The summed E-state index contributed by atoms with van der Waals surface area (Å²) in [5.41, 5.74) is 9.63. The molecule has 7 nitrogen and oxygen atoms in total. The fraction of sp³-hybridized carbons (Fsp3) is 0.150. The lowest BCUT2D eigenvalue weighted by Gasteiger charge is -2.11. The van der Waals surface area contributed by atoms with E-state index in [9.17, 15) is 9.59 Å². The topological polar surface area (TPSA) is 102 Å². The molecule has 0 radical (unpaired) electrons. The van der Waals surface area contributed by atoms with Crippen molar-refractivity contribution in [2.45, 2.75) is 19.0 Å². The molecule has 3 rings (SSSR count). The second kappa shape index (κ2) is 8.62. The van der Waals surface area contributed by atoms with Gasteiger partial charge < -0.3 is 16.4 Å². The van der Waals surface area contributed by atoms with E-state index >= 15 is 0 Å². The number of nitrogens with one attached hydrogen (secondary N) is 2. The number of imidazole rings is 1. The van der Waals surface area contributed by atoms with Gasteiger partial charge in [0.15, 0.2) is 5.16 Å². The number of thioether (sulfide) groups is 1. The number of carbonyl (C=O) groups excluding carboxylic acids is 2. The van der Waals surface area contributed by atoms with Crippen LogP contribution in [0.3, 0.4) is 0 Å². The third-order valence-corrected chi connectivity index (χ3v) is 4.97. The second-order valence-corrected chi connectivity index (χ2v) is 7.22. The van der Waals surface area contributed by atoms with Crippen molar-refractivity contribution in [2.75, 3.05) is 16.4 Å². The standard InChI is InChI=1S/C20H21N5O2S/c1-13-3-4-14(2)17(11-13)25-10-9-22-20(25)28-12-18(26)23-15-5-7-16(8-6-15)24-19(21)27/h3-11H,12H2,1-2H3,(H,23,26)(H3,21,24,27). The van der Waals surface area contributed by atoms with Gasteiger partial charge in [-0.25, -0.2) is 9.78 Å². The number of nitrogens with zero attached hydrogens (tertiary/aromatic N) is 2. The van der Waals surface area contributed by atoms with Crippen molar-refractivity contribution in [2.24, 2.45) is 5.73 Å². The van der Waals surface area contributed by atoms with E-state index in [1.807, 2.05) is 24.6 Å². The van der Waals surface area contributed by atoms with Gasteiger partial charge in [0, 0.05) is 23.8 Å². The molecule has 8 heteroatoms. The number of hydrogen-bond acceptors (Lipinski definition) is 4. The molecule has 0 bridgehead atoms. The number of hydrogen-bond donors (Lipinski definition) is 3. The third kappa shape index (κ3) is 4.92. The Morgan fingerprint density at radius 3 is 2.43 bits per heavy atom. The number of benzene rings is 2. The molecule has 0 saturated carbocycles. The van der Waals surface area contributed by atoms with Crippen LogP contribution in [-0.2, 0) is 4.79 Å². The molecule has 0 unspecified atom stereocenters. The molecule has 28 heavy (non-hydrogen) atoms. The highest BCUT2D eigenvalue weighted by atomic mass is 32.2. The molecule has 144 valence electrons. The average molecular weight is 395 g/mol. The Kier molecular flexibility index (Phi) is 6.00. The summed E-state index contributed by atoms with van der Waals surface area (Å²) in [5, 5.41) is 6.05. The molecule has 3 amide bonds. The van der Waals surface area contributed by atoms with Gasteiger partial charge in [-0.1, -0.05) is 23.9 Å². The predicted octanol–water partition coefficient (Wildman–Crippen LogP) is 3.71. The molecule has 0 aliphatic heterocycles. The number of aromatic nitrogens is 2. The molecule has 0 atom stereocenters. The minimum Gasteiger partial charge on any atom is -0.351 e. The maximum atomic E-state index is 12.3. The highest BCUT2D eigenvalue weighted by Crippen LogP contribution is 2.24. The molecule has 3 aromatic rings. The first-order chi connectivity index (χ1) is 13.4. The molecular formula is C20H21N5O2S. The van der Waals surface area contributed by atoms with Gasteiger partial charge in [0.05, 0.1) is 11.4 Å². The van der Waals surface area contributed by atoms with Crippen molar-refractivity contribution in [3.63, 3.8) is 0 Å². The lowest BCUT2D eigenvalue weighted by Crippen LogP contribution is -2.19. The molecule has 0 saturated heterocycles. The summed E-state index contributed by atoms with van der Waals surface area (Å²) in [6, 6.07) is 12.3. The molecule has 4 N–H and O–H groups in total. The number of carbonyl (C=O) groups is 2. The quantitative estimate of drug-likeness (QED) is 0.554. The summed E-state index contributed by atoms with van der Waals surface area (Å²) >= 11 is 1.37. The summed E-state index contributed by atoms with van der Waals surface area (Å²) in [7, 11) is 0. The van der Waals surface area contributed by atoms with E-state index in [2.05, 4.69) is 33.8 Å². The van der Waals surface area contributed by atoms with Gasteiger partial charge in [-0.2, -0.15) is 0 Å². The zero-order valence-corrected chi connectivity index (χ0v) is 16.4. The smallest absolute Gasteiger partial charge is 0.316 e. The highest BCUT2D eigenvalue weighted by Gasteiger charge is 2.11. The first-order valence-corrected chi connectivity index (χ1v) is 9.61. The molecule has 0 fully saturated rings. The van der Waals surface area contributed by atoms with Crippen molar-refractivity contribution < 1.29 is 9.59 Å². The average Bonchev–Trinajstić information content (AvgIpc) is 3.11. The molecule has 1 heterocycles. The lowest BCUT2D eigenvalue weighted by atomic mass is 10.1. The van der Waals surface area contributed by atoms with E-state index < -0.39 is 6.03 Å². The summed E-state index contributed by atoms with van der Waals surface area (Å²) in [4.78, 5) is 27.5. The van der Waals surface area contributed by atoms with Gasteiger partial charge in [0.1, 0.15) is 0 Å². The van der Waals surface area contributed by atoms with E-state index in [4.69, 9.17) is 5.73 Å². The maximum Gasteiger partial charge on any atom is 0.316 e. The van der Waals surface area contributed by atoms with Gasteiger partial charge in [-0.15, -0.1) is 0 Å². The molecule has 0 aliphatic carbocycles. The zero-order valence-electron chi connectivity index (χ0n) is 15.6. The molecule has 1 aromatic heterocycles. The Hall–Kier alpha value is -3.26. The Bertz CT molecular complexity index is 998. The van der Waals surface area contributed by atoms with Crippen LogP contribution in [0.25, 0.3) is 5.69 Å². The van der Waals surface area contributed by atoms with Crippen molar-refractivity contribution >= 4 is 35.1 Å². The number of amides is 3. The van der Waals surface area contributed by atoms with E-state index in [1.165, 1.54) is 11.8 Å². The van der Waals surface area contributed by atoms with Crippen LogP contribution in [0.2, 0.25) is 0 Å². The van der Waals surface area contributed by atoms with Crippen LogP contribution < -0.4 is 16.4 Å². The van der Waals surface area contributed by atoms with Crippen LogP contribution in [0.15, 0.2) is 60.0 Å². The molecule has 0 spiro atoms. The number of anilines is 2. The Morgan fingerprint density at radius 2 is 1.75 bits per heavy atom. The number of urea groups is 1. The van der Waals surface area contributed by atoms with Gasteiger partial charge in [-0.05, 0) is 55.3 Å². The van der Waals surface area contributed by atoms with Crippen molar-refractivity contribution in [3.8, 4) is 5.69 Å². The molecular weight excluding hydrogens is 374 g/mol. The lowest BCUT2D eigenvalue weighted by molar-refractivity contribution is -0.113. The van der Waals surface area contributed by atoms with Crippen molar-refractivity contribution in [1.82, 2.24) is 9.55 Å². The summed E-state index contributed by atoms with van der Waals surface area (Å²) in [6.45, 7) is 4.09. The Balaban J connectivity index is 1.62. The van der Waals surface area contributed by atoms with Crippen LogP contribution in [0.4, 0.5) is 16.2 Å². The minimum absolute atomic E-state index is 0.142. The number of rotatable bonds is 6. The van der Waals surface area contributed by atoms with Gasteiger partial charge in [0.2, 0.25) is 5.91 Å². The summed E-state index contributed by atoms with van der Waals surface area (Å²) in [6.07, 6.45) is 3.62. The second-order valence-electron chi connectivity index (χ2n) is 6.27. The first kappa shape index (κ1) is 19.5. The fourth-order valence-electron chi connectivity index (χ4n) is 2.67. The zero-order chi connectivity index (χ0) is 20.1. The van der Waals surface area contributed by atoms with E-state index in [-0.39, 0.29) is 11.7 Å². The van der Waals surface area contributed by atoms with Gasteiger partial charge in [-0.3, -0.25) is 9.36 Å². The Morgan fingerprint density at radius 1 is 1.07 bits per heavy atom. The number of aryl methyl sites for hydroxylation is 2. The number of nitrogens with two attached hydrogens (primary N) is 1. The van der Waals surface area contributed by atoms with Crippen LogP contribution in [0.5, 0.6) is 0 Å². The van der Waals surface area contributed by atoms with E-state index in [0.717, 1.165) is 22.0 Å². The van der Waals surface area contributed by atoms with Crippen LogP contribution in [0, 0.1) is 13.8 Å². The van der Waals surface area contributed by atoms with Crippen molar-refractivity contribution in [1.29, 1.82) is 0 Å². The largest absolute Gasteiger partial charge is 0.351 e. The number of primary amides is 1. The van der Waals surface area contributed by atoms with Gasteiger partial charge in [0.25, 0.3) is 0 Å². The van der Waals surface area contributed by atoms with E-state index in [1.54, 1.807) is 30.5 Å². The maximum absolute atomic E-state index is 12.3. The summed E-state index contributed by atoms with van der Waals surface area (Å²) in [5.74, 6) is 0.0829. The molecule has 2 aromatic carbocycles. The fourth-order valence-corrected chi connectivity index (χ4v) is 3.43. The normalized spacial score (nSPS) is 10.5. The Labute approximate surface area is 167 Å². The summed E-state index contributed by atoms with van der Waals surface area (Å²) < 4.78 is 1.99. The minimum atomic E-state index is -0.632. The molecule has 0 aliphatic rings. The van der Waals surface area contributed by atoms with Crippen molar-refractivity contribution in [3.05, 3.63) is 66.0 Å². The van der Waals surface area contributed by atoms with E-state index in [0.29, 0.717) is 11.4 Å². The predicted molar refractivity (Wildman–Crippen MR) is 112 cm³/mol.